The van der Waals surface area contributed by atoms with E-state index in [0.29, 0.717) is 32.8 Å². The van der Waals surface area contributed by atoms with Crippen molar-refractivity contribution >= 4 is 53.7 Å². The van der Waals surface area contributed by atoms with E-state index in [0.717, 1.165) is 0 Å². The van der Waals surface area contributed by atoms with Crippen LogP contribution in [0.4, 0.5) is 0 Å². The summed E-state index contributed by atoms with van der Waals surface area (Å²) in [6.45, 7) is 1.52. The fraction of sp³-hybridized carbons (Fsp3) is 0.0909. The number of aromatic nitrogens is 2. The van der Waals surface area contributed by atoms with Gasteiger partial charge in [0.25, 0.3) is 10.1 Å². The SMILES string of the molecule is Cc1ccc2c(c1S(=O)(=O)O)c(=O)c1cc3[nH]c4ccccc4c(=O)c3cc1n2C. The third kappa shape index (κ3) is 2.44. The average Bonchev–Trinajstić information content (AvgIpc) is 2.70. The molecule has 0 aliphatic heterocycles. The molecule has 0 saturated heterocycles. The summed E-state index contributed by atoms with van der Waals surface area (Å²) < 4.78 is 35.5. The van der Waals surface area contributed by atoms with Gasteiger partial charge in [-0.05, 0) is 42.8 Å². The smallest absolute Gasteiger partial charge is 0.295 e. The van der Waals surface area contributed by atoms with Gasteiger partial charge in [-0.2, -0.15) is 8.42 Å². The van der Waals surface area contributed by atoms with E-state index >= 15 is 0 Å². The predicted octanol–water partition coefficient (Wildman–Crippen LogP) is 3.24. The Balaban J connectivity index is 2.08. The van der Waals surface area contributed by atoms with E-state index in [1.807, 2.05) is 0 Å². The van der Waals surface area contributed by atoms with Gasteiger partial charge in [-0.3, -0.25) is 14.1 Å². The van der Waals surface area contributed by atoms with Gasteiger partial charge in [0.15, 0.2) is 10.9 Å². The number of para-hydroxylation sites is 1. The van der Waals surface area contributed by atoms with Gasteiger partial charge < -0.3 is 9.55 Å². The van der Waals surface area contributed by atoms with Gasteiger partial charge >= 0.3 is 0 Å². The van der Waals surface area contributed by atoms with E-state index in [-0.39, 0.29) is 21.8 Å². The van der Waals surface area contributed by atoms with Gasteiger partial charge in [0.2, 0.25) is 0 Å². The average molecular weight is 420 g/mol. The van der Waals surface area contributed by atoms with Crippen LogP contribution in [0, 0.1) is 6.92 Å². The van der Waals surface area contributed by atoms with Crippen molar-refractivity contribution in [2.24, 2.45) is 7.05 Å². The molecule has 30 heavy (non-hydrogen) atoms. The van der Waals surface area contributed by atoms with Gasteiger partial charge in [-0.25, -0.2) is 0 Å². The standard InChI is InChI=1S/C22H16N2O5S/c1-11-7-8-17-19(22(11)30(27,28)29)21(26)14-9-16-13(10-18(14)24(17)2)20(25)12-5-3-4-6-15(12)23-16/h3-10H,1-2H3,(H,23,25)(H,27,28,29). The second-order valence-corrected chi connectivity index (χ2v) is 8.74. The summed E-state index contributed by atoms with van der Waals surface area (Å²) in [6.07, 6.45) is 0. The Morgan fingerprint density at radius 1 is 0.867 bits per heavy atom. The van der Waals surface area contributed by atoms with E-state index in [2.05, 4.69) is 4.98 Å². The number of hydrogen-bond donors (Lipinski definition) is 2. The summed E-state index contributed by atoms with van der Waals surface area (Å²) >= 11 is 0. The van der Waals surface area contributed by atoms with Crippen LogP contribution in [0.15, 0.2) is 63.0 Å². The number of nitrogens with zero attached hydrogens (tertiary/aromatic N) is 1. The van der Waals surface area contributed by atoms with Crippen molar-refractivity contribution in [2.75, 3.05) is 0 Å². The number of rotatable bonds is 1. The molecule has 0 aliphatic carbocycles. The molecule has 8 heteroatoms. The number of benzene rings is 3. The molecule has 7 nitrogen and oxygen atoms in total. The second-order valence-electron chi connectivity index (χ2n) is 7.38. The molecule has 0 aliphatic rings. The van der Waals surface area contributed by atoms with E-state index in [1.54, 1.807) is 54.1 Å². The van der Waals surface area contributed by atoms with Crippen molar-refractivity contribution < 1.29 is 13.0 Å². The molecule has 2 heterocycles. The molecule has 0 fully saturated rings. The molecule has 3 aromatic carbocycles. The topological polar surface area (TPSA) is 109 Å². The molecular weight excluding hydrogens is 404 g/mol. The first-order valence-electron chi connectivity index (χ1n) is 9.17. The molecule has 0 atom stereocenters. The molecule has 2 aromatic heterocycles. The summed E-state index contributed by atoms with van der Waals surface area (Å²) in [5, 5.41) is 1.14. The predicted molar refractivity (Wildman–Crippen MR) is 117 cm³/mol. The lowest BCUT2D eigenvalue weighted by atomic mass is 10.0. The zero-order chi connectivity index (χ0) is 21.4. The molecule has 5 rings (SSSR count). The molecule has 0 saturated carbocycles. The van der Waals surface area contributed by atoms with Crippen LogP contribution in [0.1, 0.15) is 5.56 Å². The summed E-state index contributed by atoms with van der Waals surface area (Å²) in [5.74, 6) is 0. The van der Waals surface area contributed by atoms with Crippen molar-refractivity contribution in [2.45, 2.75) is 11.8 Å². The second kappa shape index (κ2) is 6.01. The Bertz CT molecular complexity index is 1780. The van der Waals surface area contributed by atoms with Crippen LogP contribution in [0.5, 0.6) is 0 Å². The fourth-order valence-corrected chi connectivity index (χ4v) is 5.12. The Morgan fingerprint density at radius 2 is 1.60 bits per heavy atom. The van der Waals surface area contributed by atoms with Gasteiger partial charge in [0.1, 0.15) is 4.90 Å². The van der Waals surface area contributed by atoms with Crippen LogP contribution in [-0.2, 0) is 17.2 Å². The highest BCUT2D eigenvalue weighted by Crippen LogP contribution is 2.28. The first-order valence-corrected chi connectivity index (χ1v) is 10.6. The van der Waals surface area contributed by atoms with E-state index in [1.165, 1.54) is 13.0 Å². The normalized spacial score (nSPS) is 12.4. The van der Waals surface area contributed by atoms with Crippen LogP contribution in [0.3, 0.4) is 0 Å². The van der Waals surface area contributed by atoms with E-state index in [4.69, 9.17) is 0 Å². The lowest BCUT2D eigenvalue weighted by Gasteiger charge is -2.14. The van der Waals surface area contributed by atoms with Crippen LogP contribution >= 0.6 is 0 Å². The Morgan fingerprint density at radius 3 is 2.33 bits per heavy atom. The highest BCUT2D eigenvalue weighted by molar-refractivity contribution is 7.86. The minimum absolute atomic E-state index is 0.0741. The molecule has 2 N–H and O–H groups in total. The maximum atomic E-state index is 13.4. The van der Waals surface area contributed by atoms with Gasteiger partial charge in [-0.1, -0.05) is 18.2 Å². The molecule has 0 radical (unpaired) electrons. The lowest BCUT2D eigenvalue weighted by Crippen LogP contribution is -2.15. The maximum Gasteiger partial charge on any atom is 0.295 e. The quantitative estimate of drug-likeness (QED) is 0.320. The van der Waals surface area contributed by atoms with Crippen molar-refractivity contribution in [3.8, 4) is 0 Å². The van der Waals surface area contributed by atoms with Crippen molar-refractivity contribution in [1.82, 2.24) is 9.55 Å². The number of H-pyrrole nitrogens is 1. The third-order valence-corrected chi connectivity index (χ3v) is 6.65. The highest BCUT2D eigenvalue weighted by Gasteiger charge is 2.22. The number of pyridine rings is 2. The van der Waals surface area contributed by atoms with Gasteiger partial charge in [0, 0.05) is 28.7 Å². The van der Waals surface area contributed by atoms with Crippen LogP contribution in [-0.4, -0.2) is 22.5 Å². The molecular formula is C22H16N2O5S. The summed E-state index contributed by atoms with van der Waals surface area (Å²) in [5.41, 5.74) is 1.56. The minimum Gasteiger partial charge on any atom is -0.354 e. The van der Waals surface area contributed by atoms with Crippen LogP contribution < -0.4 is 10.9 Å². The maximum absolute atomic E-state index is 13.4. The van der Waals surface area contributed by atoms with Gasteiger partial charge in [0.05, 0.1) is 21.9 Å². The zero-order valence-corrected chi connectivity index (χ0v) is 16.9. The van der Waals surface area contributed by atoms with Crippen molar-refractivity contribution in [1.29, 1.82) is 0 Å². The molecule has 5 aromatic rings. The van der Waals surface area contributed by atoms with E-state index < -0.39 is 20.4 Å². The monoisotopic (exact) mass is 420 g/mol. The summed E-state index contributed by atoms with van der Waals surface area (Å²) in [4.78, 5) is 29.2. The zero-order valence-electron chi connectivity index (χ0n) is 16.1. The lowest BCUT2D eigenvalue weighted by molar-refractivity contribution is 0.483. The summed E-state index contributed by atoms with van der Waals surface area (Å²) in [7, 11) is -2.93. The number of aromatic amines is 1. The Hall–Kier alpha value is -3.49. The molecule has 0 bridgehead atoms. The number of aryl methyl sites for hydroxylation is 2. The first-order chi connectivity index (χ1) is 14.2. The van der Waals surface area contributed by atoms with Crippen molar-refractivity contribution in [3.63, 3.8) is 0 Å². The molecule has 150 valence electrons. The van der Waals surface area contributed by atoms with Gasteiger partial charge in [-0.15, -0.1) is 0 Å². The molecule has 0 spiro atoms. The Labute approximate surface area is 169 Å². The number of hydrogen-bond acceptors (Lipinski definition) is 4. The van der Waals surface area contributed by atoms with E-state index in [9.17, 15) is 22.6 Å². The number of nitrogens with one attached hydrogen (secondary N) is 1. The summed E-state index contributed by atoms with van der Waals surface area (Å²) in [6, 6.07) is 13.5. The third-order valence-electron chi connectivity index (χ3n) is 5.61. The number of fused-ring (bicyclic) bond motifs is 4. The minimum atomic E-state index is -4.62. The highest BCUT2D eigenvalue weighted by atomic mass is 32.2. The first kappa shape index (κ1) is 18.5. The van der Waals surface area contributed by atoms with Crippen LogP contribution in [0.25, 0.3) is 43.6 Å². The van der Waals surface area contributed by atoms with Crippen LogP contribution in [0.2, 0.25) is 0 Å². The largest absolute Gasteiger partial charge is 0.354 e. The molecule has 0 amide bonds. The van der Waals surface area contributed by atoms with Crippen molar-refractivity contribution in [3.05, 3.63) is 74.5 Å². The Kier molecular flexibility index (Phi) is 3.71. The molecule has 0 unspecified atom stereocenters. The fourth-order valence-electron chi connectivity index (χ4n) is 4.19.